The molecule has 1 aliphatic heterocycles. The number of nitrogens with one attached hydrogen (secondary N) is 1. The third-order valence-electron chi connectivity index (χ3n) is 5.57. The van der Waals surface area contributed by atoms with Crippen molar-refractivity contribution >= 4 is 29.2 Å². The molecule has 0 aromatic carbocycles. The number of aromatic nitrogens is 3. The van der Waals surface area contributed by atoms with Gasteiger partial charge in [-0.3, -0.25) is 9.48 Å². The molecule has 40 heavy (non-hydrogen) atoms. The predicted octanol–water partition coefficient (Wildman–Crippen LogP) is 5.64. The lowest BCUT2D eigenvalue weighted by Crippen LogP contribution is -2.45. The van der Waals surface area contributed by atoms with Crippen LogP contribution in [0.1, 0.15) is 52.1 Å². The van der Waals surface area contributed by atoms with Crippen molar-refractivity contribution in [1.29, 1.82) is 0 Å². The summed E-state index contributed by atoms with van der Waals surface area (Å²) in [6.07, 6.45) is 4.70. The zero-order valence-corrected chi connectivity index (χ0v) is 23.6. The molecule has 220 valence electrons. The molecule has 3 heterocycles. The first-order chi connectivity index (χ1) is 19.0. The van der Waals surface area contributed by atoms with Crippen LogP contribution in [0.2, 0.25) is 0 Å². The number of halogens is 5. The van der Waals surface area contributed by atoms with E-state index in [9.17, 15) is 22.4 Å². The molecule has 0 atom stereocenters. The van der Waals surface area contributed by atoms with Gasteiger partial charge in [0.2, 0.25) is 0 Å². The van der Waals surface area contributed by atoms with Crippen LogP contribution in [-0.2, 0) is 4.79 Å². The molecule has 0 bridgehead atoms. The number of amides is 1. The first kappa shape index (κ1) is 34.3. The van der Waals surface area contributed by atoms with Crippen LogP contribution >= 0.6 is 11.6 Å². The molecular weight excluding hydrogens is 552 g/mol. The smallest absolute Gasteiger partial charge is 0.383 e. The van der Waals surface area contributed by atoms with Crippen LogP contribution in [0.4, 0.5) is 23.4 Å². The number of alkyl halides is 3. The fraction of sp³-hybridized carbons (Fsp3) is 0.385. The Morgan fingerprint density at radius 1 is 1.20 bits per heavy atom. The van der Waals surface area contributed by atoms with Gasteiger partial charge in [0.15, 0.2) is 5.84 Å². The van der Waals surface area contributed by atoms with Crippen molar-refractivity contribution in [1.82, 2.24) is 25.1 Å². The van der Waals surface area contributed by atoms with E-state index in [1.807, 2.05) is 39.8 Å². The number of amidine groups is 1. The van der Waals surface area contributed by atoms with Crippen LogP contribution in [0, 0.1) is 0 Å². The van der Waals surface area contributed by atoms with Crippen molar-refractivity contribution in [2.45, 2.75) is 52.8 Å². The maximum atomic E-state index is 12.6. The van der Waals surface area contributed by atoms with Crippen LogP contribution in [0.3, 0.4) is 0 Å². The van der Waals surface area contributed by atoms with Gasteiger partial charge in [0.1, 0.15) is 12.1 Å². The van der Waals surface area contributed by atoms with Gasteiger partial charge < -0.3 is 16.1 Å². The highest BCUT2D eigenvalue weighted by Gasteiger charge is 2.43. The molecular formula is C26H35ClF4N8O. The topological polar surface area (TPSA) is 127 Å². The van der Waals surface area contributed by atoms with Gasteiger partial charge in [0.05, 0.1) is 28.5 Å². The number of pyridine rings is 1. The summed E-state index contributed by atoms with van der Waals surface area (Å²) in [5, 5.41) is 4.00. The van der Waals surface area contributed by atoms with E-state index in [-0.39, 0.29) is 47.8 Å². The number of hydrogen-bond donors (Lipinski definition) is 3. The molecule has 9 nitrogen and oxygen atoms in total. The Labute approximate surface area is 236 Å². The van der Waals surface area contributed by atoms with Crippen LogP contribution in [-0.4, -0.2) is 50.7 Å². The van der Waals surface area contributed by atoms with Gasteiger partial charge in [-0.1, -0.05) is 44.2 Å². The molecule has 0 saturated carbocycles. The van der Waals surface area contributed by atoms with Gasteiger partial charge in [-0.25, -0.2) is 20.2 Å². The molecule has 0 aliphatic carbocycles. The Morgan fingerprint density at radius 2 is 1.80 bits per heavy atom. The lowest BCUT2D eigenvalue weighted by molar-refractivity contribution is -0.186. The number of rotatable bonds is 5. The number of piperidine rings is 1. The number of carbonyl (C=O) groups excluding carboxylic acids is 1. The molecule has 1 fully saturated rings. The number of hydrazine groups is 1. The fourth-order valence-electron chi connectivity index (χ4n) is 3.44. The number of nitrogen functional groups attached to an aromatic ring is 1. The number of carbonyl (C=O) groups is 1. The maximum absolute atomic E-state index is 12.6. The van der Waals surface area contributed by atoms with Crippen molar-refractivity contribution in [2.75, 3.05) is 18.8 Å². The number of anilines is 1. The minimum absolute atomic E-state index is 0.0203. The Hall–Kier alpha value is -3.71. The van der Waals surface area contributed by atoms with Crippen LogP contribution in [0.5, 0.6) is 0 Å². The predicted molar refractivity (Wildman–Crippen MR) is 151 cm³/mol. The lowest BCUT2D eigenvalue weighted by atomic mass is 10.0. The quantitative estimate of drug-likeness (QED) is 0.0792. The van der Waals surface area contributed by atoms with E-state index in [1.54, 1.807) is 23.1 Å². The summed E-state index contributed by atoms with van der Waals surface area (Å²) in [5.74, 6) is 3.84. The molecule has 2 aromatic rings. The lowest BCUT2D eigenvalue weighted by Gasteiger charge is -2.32. The molecule has 1 aliphatic rings. The second-order valence-electron chi connectivity index (χ2n) is 8.06. The summed E-state index contributed by atoms with van der Waals surface area (Å²) in [4.78, 5) is 20.4. The van der Waals surface area contributed by atoms with Crippen molar-refractivity contribution in [2.24, 2.45) is 10.8 Å². The molecule has 1 saturated heterocycles. The average molecular weight is 587 g/mol. The number of nitrogens with zero attached hydrogens (tertiary/aromatic N) is 5. The van der Waals surface area contributed by atoms with Gasteiger partial charge in [0.25, 0.3) is 0 Å². The van der Waals surface area contributed by atoms with Crippen molar-refractivity contribution in [3.8, 4) is 11.1 Å². The summed E-state index contributed by atoms with van der Waals surface area (Å²) >= 11 is 5.67. The SMILES string of the molecule is C/C=C\C.C=C(N=C(NN)c1cc(-c2cnn(C3CCN(C(=O)C(F)(F)F)CC3)c2)cnc1N)/C(Cl)=C/F.CC. The van der Waals surface area contributed by atoms with E-state index in [0.29, 0.717) is 29.5 Å². The molecule has 3 rings (SSSR count). The van der Waals surface area contributed by atoms with Gasteiger partial charge >= 0.3 is 12.1 Å². The van der Waals surface area contributed by atoms with E-state index in [0.717, 1.165) is 4.90 Å². The molecule has 2 aromatic heterocycles. The molecule has 14 heteroatoms. The normalized spacial score (nSPS) is 14.7. The molecule has 0 unspecified atom stereocenters. The molecule has 1 amide bonds. The average Bonchev–Trinajstić information content (AvgIpc) is 3.46. The fourth-order valence-corrected chi connectivity index (χ4v) is 3.49. The standard InChI is InChI=1S/C20H21ClF4N8O.C4H8.C2H6/c1-11(16(21)7-22)30-18(31-27)15-6-12(8-28-17(15)26)13-9-29-33(10-13)14-2-4-32(5-3-14)19(34)20(23,24)25;1-3-4-2;1-2/h6-10,14H,1-5,27H2,(H2,26,28)(H,30,31);3-4H,1-2H3;1-2H3/b16-7-;4-3-;. The van der Waals surface area contributed by atoms with Crippen molar-refractivity contribution in [3.05, 3.63) is 66.0 Å². The Bertz CT molecular complexity index is 1210. The second-order valence-corrected chi connectivity index (χ2v) is 8.47. The van der Waals surface area contributed by atoms with E-state index in [2.05, 4.69) is 27.1 Å². The second kappa shape index (κ2) is 16.4. The van der Waals surface area contributed by atoms with Crippen molar-refractivity contribution < 1.29 is 22.4 Å². The highest BCUT2D eigenvalue weighted by molar-refractivity contribution is 6.31. The van der Waals surface area contributed by atoms with Crippen LogP contribution in [0.15, 0.2) is 65.4 Å². The van der Waals surface area contributed by atoms with Crippen LogP contribution < -0.4 is 17.0 Å². The maximum Gasteiger partial charge on any atom is 0.471 e. The van der Waals surface area contributed by atoms with Gasteiger partial charge in [0, 0.05) is 36.6 Å². The summed E-state index contributed by atoms with van der Waals surface area (Å²) in [5.41, 5.74) is 9.76. The summed E-state index contributed by atoms with van der Waals surface area (Å²) < 4.78 is 52.2. The monoisotopic (exact) mass is 586 g/mol. The summed E-state index contributed by atoms with van der Waals surface area (Å²) in [6.45, 7) is 11.5. The highest BCUT2D eigenvalue weighted by atomic mass is 35.5. The van der Waals surface area contributed by atoms with E-state index in [4.69, 9.17) is 23.2 Å². The van der Waals surface area contributed by atoms with Gasteiger partial charge in [-0.05, 0) is 32.8 Å². The van der Waals surface area contributed by atoms with Crippen LogP contribution in [0.25, 0.3) is 11.1 Å². The Morgan fingerprint density at radius 3 is 2.30 bits per heavy atom. The first-order valence-electron chi connectivity index (χ1n) is 12.4. The van der Waals surface area contributed by atoms with Gasteiger partial charge in [-0.15, -0.1) is 0 Å². The van der Waals surface area contributed by atoms with Crippen molar-refractivity contribution in [3.63, 3.8) is 0 Å². The molecule has 5 N–H and O–H groups in total. The van der Waals surface area contributed by atoms with E-state index < -0.39 is 12.1 Å². The zero-order valence-electron chi connectivity index (χ0n) is 22.8. The third kappa shape index (κ3) is 9.49. The van der Waals surface area contributed by atoms with E-state index in [1.165, 1.54) is 6.20 Å². The third-order valence-corrected chi connectivity index (χ3v) is 5.87. The largest absolute Gasteiger partial charge is 0.471 e. The first-order valence-corrected chi connectivity index (χ1v) is 12.8. The number of hydrogen-bond acceptors (Lipinski definition) is 6. The van der Waals surface area contributed by atoms with Gasteiger partial charge in [-0.2, -0.15) is 18.3 Å². The van der Waals surface area contributed by atoms with E-state index >= 15 is 0 Å². The highest BCUT2D eigenvalue weighted by Crippen LogP contribution is 2.29. The molecule has 0 spiro atoms. The summed E-state index contributed by atoms with van der Waals surface area (Å²) in [6, 6.07) is 1.46. The minimum Gasteiger partial charge on any atom is -0.383 e. The number of allylic oxidation sites excluding steroid dienone is 3. The number of aliphatic imine (C=N–C) groups is 1. The summed E-state index contributed by atoms with van der Waals surface area (Å²) in [7, 11) is 0. The zero-order chi connectivity index (χ0) is 30.5. The number of likely N-dealkylation sites (tertiary alicyclic amines) is 1. The minimum atomic E-state index is -4.88. The molecule has 0 radical (unpaired) electrons. The number of nitrogens with two attached hydrogens (primary N) is 2. The Kier molecular flexibility index (Phi) is 14.1. The Balaban J connectivity index is 0.00000122.